The number of aliphatic carboxylic acids is 1. The summed E-state index contributed by atoms with van der Waals surface area (Å²) in [6.45, 7) is 5.57. The van der Waals surface area contributed by atoms with E-state index in [0.717, 1.165) is 6.61 Å². The molecule has 6 nitrogen and oxygen atoms in total. The molecule has 20 heavy (non-hydrogen) atoms. The fourth-order valence-corrected chi connectivity index (χ4v) is 1.79. The molecule has 0 aliphatic heterocycles. The molecule has 0 aromatic heterocycles. The predicted molar refractivity (Wildman–Crippen MR) is 75.6 cm³/mol. The van der Waals surface area contributed by atoms with Gasteiger partial charge in [-0.15, -0.1) is 0 Å². The third kappa shape index (κ3) is 6.75. The second kappa shape index (κ2) is 8.09. The van der Waals surface area contributed by atoms with Gasteiger partial charge in [-0.25, -0.2) is 9.59 Å². The Balaban J connectivity index is 2.24. The van der Waals surface area contributed by atoms with Gasteiger partial charge < -0.3 is 20.1 Å². The van der Waals surface area contributed by atoms with Crippen molar-refractivity contribution in [2.45, 2.75) is 39.2 Å². The minimum Gasteiger partial charge on any atom is -0.480 e. The summed E-state index contributed by atoms with van der Waals surface area (Å²) in [5, 5.41) is 11.6. The standard InChI is InChI=1S/C14H26N2O4/c1-10(2)8-12(13(17)18)15-14(19)16(3)6-7-20-9-11-4-5-11/h10-12H,4-9H2,1-3H3,(H,15,19)(H,17,18)/t12-/m1/s1. The predicted octanol–water partition coefficient (Wildman–Crippen LogP) is 1.55. The lowest BCUT2D eigenvalue weighted by Gasteiger charge is -2.22. The van der Waals surface area contributed by atoms with Crippen LogP contribution in [0.3, 0.4) is 0 Å². The number of amides is 2. The largest absolute Gasteiger partial charge is 0.480 e. The maximum Gasteiger partial charge on any atom is 0.326 e. The van der Waals surface area contributed by atoms with Crippen molar-refractivity contribution in [3.05, 3.63) is 0 Å². The fraction of sp³-hybridized carbons (Fsp3) is 0.857. The van der Waals surface area contributed by atoms with Crippen LogP contribution in [0.15, 0.2) is 0 Å². The molecule has 1 rings (SSSR count). The lowest BCUT2D eigenvalue weighted by molar-refractivity contribution is -0.139. The number of urea groups is 1. The molecule has 0 saturated heterocycles. The smallest absolute Gasteiger partial charge is 0.326 e. The summed E-state index contributed by atoms with van der Waals surface area (Å²) in [5.41, 5.74) is 0. The normalized spacial score (nSPS) is 16.0. The quantitative estimate of drug-likeness (QED) is 0.630. The number of carboxylic acids is 1. The molecule has 0 unspecified atom stereocenters. The number of rotatable bonds is 9. The van der Waals surface area contributed by atoms with Crippen molar-refractivity contribution in [3.63, 3.8) is 0 Å². The molecular weight excluding hydrogens is 260 g/mol. The third-order valence-corrected chi connectivity index (χ3v) is 3.27. The molecule has 1 saturated carbocycles. The molecule has 1 aliphatic carbocycles. The first-order chi connectivity index (χ1) is 9.40. The summed E-state index contributed by atoms with van der Waals surface area (Å²) < 4.78 is 5.46. The summed E-state index contributed by atoms with van der Waals surface area (Å²) in [6, 6.07) is -1.20. The van der Waals surface area contributed by atoms with E-state index in [1.165, 1.54) is 17.7 Å². The minimum atomic E-state index is -0.995. The number of nitrogens with zero attached hydrogens (tertiary/aromatic N) is 1. The topological polar surface area (TPSA) is 78.9 Å². The number of carbonyl (C=O) groups excluding carboxylic acids is 1. The van der Waals surface area contributed by atoms with Crippen LogP contribution in [0, 0.1) is 11.8 Å². The molecular formula is C14H26N2O4. The van der Waals surface area contributed by atoms with Gasteiger partial charge in [-0.2, -0.15) is 0 Å². The Morgan fingerprint density at radius 3 is 2.55 bits per heavy atom. The highest BCUT2D eigenvalue weighted by atomic mass is 16.5. The van der Waals surface area contributed by atoms with Crippen LogP contribution in [0.1, 0.15) is 33.1 Å². The second-order valence-electron chi connectivity index (χ2n) is 5.91. The van der Waals surface area contributed by atoms with E-state index in [2.05, 4.69) is 5.32 Å². The Morgan fingerprint density at radius 1 is 1.40 bits per heavy atom. The zero-order valence-corrected chi connectivity index (χ0v) is 12.6. The Kier molecular flexibility index (Phi) is 6.78. The van der Waals surface area contributed by atoms with Gasteiger partial charge in [-0.05, 0) is 31.1 Å². The van der Waals surface area contributed by atoms with Crippen LogP contribution in [-0.2, 0) is 9.53 Å². The van der Waals surface area contributed by atoms with E-state index in [4.69, 9.17) is 9.84 Å². The molecule has 0 radical (unpaired) electrons. The van der Waals surface area contributed by atoms with Gasteiger partial charge in [0.1, 0.15) is 6.04 Å². The molecule has 0 aromatic carbocycles. The number of carbonyl (C=O) groups is 2. The van der Waals surface area contributed by atoms with E-state index in [0.29, 0.717) is 25.5 Å². The van der Waals surface area contributed by atoms with Crippen LogP contribution < -0.4 is 5.32 Å². The van der Waals surface area contributed by atoms with Crippen LogP contribution in [0.4, 0.5) is 4.79 Å². The fourth-order valence-electron chi connectivity index (χ4n) is 1.79. The van der Waals surface area contributed by atoms with Crippen molar-refractivity contribution >= 4 is 12.0 Å². The highest BCUT2D eigenvalue weighted by Gasteiger charge is 2.23. The second-order valence-corrected chi connectivity index (χ2v) is 5.91. The van der Waals surface area contributed by atoms with E-state index in [-0.39, 0.29) is 11.9 Å². The molecule has 0 spiro atoms. The Morgan fingerprint density at radius 2 is 2.05 bits per heavy atom. The lowest BCUT2D eigenvalue weighted by atomic mass is 10.0. The zero-order valence-electron chi connectivity index (χ0n) is 12.6. The number of ether oxygens (including phenoxy) is 1. The summed E-state index contributed by atoms with van der Waals surface area (Å²) in [4.78, 5) is 24.4. The molecule has 2 amide bonds. The summed E-state index contributed by atoms with van der Waals surface area (Å²) in [7, 11) is 1.64. The van der Waals surface area contributed by atoms with Crippen LogP contribution in [0.5, 0.6) is 0 Å². The number of likely N-dealkylation sites (N-methyl/N-ethyl adjacent to an activating group) is 1. The molecule has 116 valence electrons. The average Bonchev–Trinajstić information content (AvgIpc) is 3.16. The molecule has 2 N–H and O–H groups in total. The Bertz CT molecular complexity index is 329. The average molecular weight is 286 g/mol. The molecule has 0 aromatic rings. The van der Waals surface area contributed by atoms with Crippen LogP contribution in [0.25, 0.3) is 0 Å². The molecule has 1 fully saturated rings. The summed E-state index contributed by atoms with van der Waals surface area (Å²) >= 11 is 0. The van der Waals surface area contributed by atoms with Crippen molar-refractivity contribution in [2.75, 3.05) is 26.8 Å². The Hall–Kier alpha value is -1.30. The van der Waals surface area contributed by atoms with Gasteiger partial charge in [-0.1, -0.05) is 13.8 Å². The molecule has 1 aliphatic rings. The zero-order chi connectivity index (χ0) is 15.1. The maximum atomic E-state index is 11.9. The number of carboxylic acid groups (broad SMARTS) is 1. The van der Waals surface area contributed by atoms with Crippen molar-refractivity contribution in [2.24, 2.45) is 11.8 Å². The lowest BCUT2D eigenvalue weighted by Crippen LogP contribution is -2.47. The van der Waals surface area contributed by atoms with Gasteiger partial charge in [0.2, 0.25) is 0 Å². The SMILES string of the molecule is CC(C)C[C@@H](NC(=O)N(C)CCOCC1CC1)C(=O)O. The van der Waals surface area contributed by atoms with Crippen molar-refractivity contribution in [3.8, 4) is 0 Å². The van der Waals surface area contributed by atoms with Gasteiger partial charge in [0.15, 0.2) is 0 Å². The number of hydrogen-bond acceptors (Lipinski definition) is 3. The van der Waals surface area contributed by atoms with Gasteiger partial charge >= 0.3 is 12.0 Å². The minimum absolute atomic E-state index is 0.212. The van der Waals surface area contributed by atoms with Crippen LogP contribution in [-0.4, -0.2) is 54.9 Å². The highest BCUT2D eigenvalue weighted by molar-refractivity contribution is 5.82. The van der Waals surface area contributed by atoms with Crippen LogP contribution in [0.2, 0.25) is 0 Å². The maximum absolute atomic E-state index is 11.9. The van der Waals surface area contributed by atoms with Crippen molar-refractivity contribution in [1.82, 2.24) is 10.2 Å². The van der Waals surface area contributed by atoms with E-state index in [1.807, 2.05) is 13.8 Å². The van der Waals surface area contributed by atoms with Crippen molar-refractivity contribution in [1.29, 1.82) is 0 Å². The molecule has 1 atom stereocenters. The first kappa shape index (κ1) is 16.8. The molecule has 6 heteroatoms. The number of nitrogens with one attached hydrogen (secondary N) is 1. The van der Waals surface area contributed by atoms with Crippen LogP contribution >= 0.6 is 0 Å². The highest BCUT2D eigenvalue weighted by Crippen LogP contribution is 2.28. The van der Waals surface area contributed by atoms with Gasteiger partial charge in [0.05, 0.1) is 6.61 Å². The van der Waals surface area contributed by atoms with E-state index in [9.17, 15) is 9.59 Å². The third-order valence-electron chi connectivity index (χ3n) is 3.27. The van der Waals surface area contributed by atoms with Gasteiger partial charge in [-0.3, -0.25) is 0 Å². The van der Waals surface area contributed by atoms with E-state index >= 15 is 0 Å². The van der Waals surface area contributed by atoms with Gasteiger partial charge in [0, 0.05) is 20.2 Å². The van der Waals surface area contributed by atoms with Crippen molar-refractivity contribution < 1.29 is 19.4 Å². The molecule has 0 bridgehead atoms. The van der Waals surface area contributed by atoms with E-state index in [1.54, 1.807) is 7.05 Å². The molecule has 0 heterocycles. The number of hydrogen-bond donors (Lipinski definition) is 2. The Labute approximate surface area is 120 Å². The monoisotopic (exact) mass is 286 g/mol. The summed E-state index contributed by atoms with van der Waals surface area (Å²) in [6.07, 6.45) is 2.91. The summed E-state index contributed by atoms with van der Waals surface area (Å²) in [5.74, 6) is -0.0782. The van der Waals surface area contributed by atoms with Gasteiger partial charge in [0.25, 0.3) is 0 Å². The first-order valence-corrected chi connectivity index (χ1v) is 7.22. The first-order valence-electron chi connectivity index (χ1n) is 7.22. The van der Waals surface area contributed by atoms with E-state index < -0.39 is 12.0 Å².